The lowest BCUT2D eigenvalue weighted by Gasteiger charge is -2.34. The molecule has 4 rings (SSSR count). The lowest BCUT2D eigenvalue weighted by atomic mass is 9.87. The largest absolute Gasteiger partial charge is 0.376 e. The summed E-state index contributed by atoms with van der Waals surface area (Å²) in [4.78, 5) is 42.3. The van der Waals surface area contributed by atoms with Gasteiger partial charge < -0.3 is 9.64 Å². The van der Waals surface area contributed by atoms with E-state index in [0.29, 0.717) is 18.8 Å². The molecule has 0 spiro atoms. The van der Waals surface area contributed by atoms with Gasteiger partial charge in [-0.05, 0) is 49.9 Å². The minimum absolute atomic E-state index is 0.0176. The van der Waals surface area contributed by atoms with Crippen molar-refractivity contribution in [2.45, 2.75) is 63.5 Å². The Labute approximate surface area is 179 Å². The lowest BCUT2D eigenvalue weighted by Crippen LogP contribution is -2.50. The molecule has 2 atom stereocenters. The van der Waals surface area contributed by atoms with Gasteiger partial charge in [-0.1, -0.05) is 35.2 Å². The first-order valence-electron chi connectivity index (χ1n) is 10.6. The van der Waals surface area contributed by atoms with E-state index in [9.17, 15) is 14.4 Å². The van der Waals surface area contributed by atoms with Crippen molar-refractivity contribution >= 4 is 39.3 Å². The monoisotopic (exact) mass is 462 g/mol. The zero-order chi connectivity index (χ0) is 20.4. The summed E-state index contributed by atoms with van der Waals surface area (Å²) in [6.07, 6.45) is 6.84. The minimum atomic E-state index is -0.732. The Morgan fingerprint density at radius 2 is 1.79 bits per heavy atom. The molecule has 0 aromatic heterocycles. The molecule has 1 aromatic rings. The standard InChI is InChI=1S/C22H27BrN2O4/c23-16-8-10-17(11-9-16)25-20(26)13-19(22(25)28)24(14-18-7-4-12-29-18)21(27)15-5-2-1-3-6-15/h8-11,15,18-19H,1-7,12-14H2. The average Bonchev–Trinajstić information content (AvgIpc) is 3.35. The van der Waals surface area contributed by atoms with Crippen LogP contribution < -0.4 is 4.90 Å². The van der Waals surface area contributed by atoms with Crippen molar-refractivity contribution in [1.82, 2.24) is 4.90 Å². The summed E-state index contributed by atoms with van der Waals surface area (Å²) in [7, 11) is 0. The maximum Gasteiger partial charge on any atom is 0.257 e. The highest BCUT2D eigenvalue weighted by molar-refractivity contribution is 9.10. The molecule has 3 fully saturated rings. The number of halogens is 1. The summed E-state index contributed by atoms with van der Waals surface area (Å²) >= 11 is 3.38. The first kappa shape index (κ1) is 20.5. The maximum absolute atomic E-state index is 13.4. The molecule has 0 radical (unpaired) electrons. The third-order valence-electron chi connectivity index (χ3n) is 6.25. The van der Waals surface area contributed by atoms with Gasteiger partial charge in [-0.25, -0.2) is 4.90 Å². The Balaban J connectivity index is 1.57. The summed E-state index contributed by atoms with van der Waals surface area (Å²) in [5.74, 6) is -0.589. The molecule has 6 nitrogen and oxygen atoms in total. The molecule has 2 heterocycles. The Hall–Kier alpha value is -1.73. The number of rotatable bonds is 5. The number of benzene rings is 1. The SMILES string of the molecule is O=C1CC(N(CC2CCCO2)C(=O)C2CCCCC2)C(=O)N1c1ccc(Br)cc1. The number of imide groups is 1. The van der Waals surface area contributed by atoms with Gasteiger partial charge in [0.1, 0.15) is 6.04 Å². The van der Waals surface area contributed by atoms with Crippen LogP contribution in [0.15, 0.2) is 28.7 Å². The molecule has 3 amide bonds. The van der Waals surface area contributed by atoms with E-state index in [1.54, 1.807) is 29.2 Å². The van der Waals surface area contributed by atoms with Crippen LogP contribution in [0.3, 0.4) is 0 Å². The van der Waals surface area contributed by atoms with Crippen LogP contribution in [0.4, 0.5) is 5.69 Å². The number of hydrogen-bond donors (Lipinski definition) is 0. The second-order valence-corrected chi connectivity index (χ2v) is 9.14. The molecule has 3 aliphatic rings. The summed E-state index contributed by atoms with van der Waals surface area (Å²) in [6.45, 7) is 1.09. The fraction of sp³-hybridized carbons (Fsp3) is 0.591. The van der Waals surface area contributed by atoms with Gasteiger partial charge in [-0.2, -0.15) is 0 Å². The van der Waals surface area contributed by atoms with Crippen LogP contribution in [0, 0.1) is 5.92 Å². The van der Waals surface area contributed by atoms with Gasteiger partial charge in [0.25, 0.3) is 5.91 Å². The highest BCUT2D eigenvalue weighted by atomic mass is 79.9. The smallest absolute Gasteiger partial charge is 0.257 e. The van der Waals surface area contributed by atoms with Crippen LogP contribution in [0.5, 0.6) is 0 Å². The fourth-order valence-electron chi connectivity index (χ4n) is 4.68. The number of carbonyl (C=O) groups excluding carboxylic acids is 3. The maximum atomic E-state index is 13.4. The summed E-state index contributed by atoms with van der Waals surface area (Å²) in [5, 5.41) is 0. The van der Waals surface area contributed by atoms with Crippen molar-refractivity contribution < 1.29 is 19.1 Å². The fourth-order valence-corrected chi connectivity index (χ4v) is 4.95. The highest BCUT2D eigenvalue weighted by Gasteiger charge is 2.46. The topological polar surface area (TPSA) is 66.9 Å². The van der Waals surface area contributed by atoms with E-state index in [0.717, 1.165) is 49.4 Å². The van der Waals surface area contributed by atoms with Crippen molar-refractivity contribution in [3.8, 4) is 0 Å². The quantitative estimate of drug-likeness (QED) is 0.626. The van der Waals surface area contributed by atoms with E-state index in [-0.39, 0.29) is 36.2 Å². The first-order chi connectivity index (χ1) is 14.0. The zero-order valence-electron chi connectivity index (χ0n) is 16.5. The van der Waals surface area contributed by atoms with Crippen molar-refractivity contribution in [3.05, 3.63) is 28.7 Å². The lowest BCUT2D eigenvalue weighted by molar-refractivity contribution is -0.144. The molecule has 2 saturated heterocycles. The van der Waals surface area contributed by atoms with Crippen molar-refractivity contribution in [2.75, 3.05) is 18.1 Å². The highest BCUT2D eigenvalue weighted by Crippen LogP contribution is 2.31. The van der Waals surface area contributed by atoms with Gasteiger partial charge in [-0.3, -0.25) is 14.4 Å². The van der Waals surface area contributed by atoms with Crippen molar-refractivity contribution in [3.63, 3.8) is 0 Å². The Bertz CT molecular complexity index is 770. The molecule has 1 aliphatic carbocycles. The predicted octanol–water partition coefficient (Wildman–Crippen LogP) is 3.67. The van der Waals surface area contributed by atoms with E-state index >= 15 is 0 Å². The molecule has 2 aliphatic heterocycles. The van der Waals surface area contributed by atoms with Crippen LogP contribution in [0.25, 0.3) is 0 Å². The molecular formula is C22H27BrN2O4. The summed E-state index contributed by atoms with van der Waals surface area (Å²) in [6, 6.07) is 6.37. The van der Waals surface area contributed by atoms with Crippen molar-refractivity contribution in [2.24, 2.45) is 5.92 Å². The van der Waals surface area contributed by atoms with Gasteiger partial charge in [0.05, 0.1) is 18.2 Å². The van der Waals surface area contributed by atoms with Crippen LogP contribution >= 0.6 is 15.9 Å². The predicted molar refractivity (Wildman–Crippen MR) is 112 cm³/mol. The normalized spacial score (nSPS) is 25.6. The molecule has 2 unspecified atom stereocenters. The summed E-state index contributed by atoms with van der Waals surface area (Å²) < 4.78 is 6.64. The van der Waals surface area contributed by atoms with Crippen LogP contribution in [0.1, 0.15) is 51.4 Å². The van der Waals surface area contributed by atoms with Gasteiger partial charge in [0.15, 0.2) is 0 Å². The van der Waals surface area contributed by atoms with Crippen LogP contribution in [-0.4, -0.2) is 47.9 Å². The number of carbonyl (C=O) groups is 3. The summed E-state index contributed by atoms with van der Waals surface area (Å²) in [5.41, 5.74) is 0.549. The average molecular weight is 463 g/mol. The number of hydrogen-bond acceptors (Lipinski definition) is 4. The van der Waals surface area contributed by atoms with E-state index in [1.807, 2.05) is 0 Å². The minimum Gasteiger partial charge on any atom is -0.376 e. The zero-order valence-corrected chi connectivity index (χ0v) is 18.1. The molecule has 29 heavy (non-hydrogen) atoms. The van der Waals surface area contributed by atoms with Gasteiger partial charge in [-0.15, -0.1) is 0 Å². The molecule has 1 saturated carbocycles. The molecular weight excluding hydrogens is 436 g/mol. The van der Waals surface area contributed by atoms with Crippen molar-refractivity contribution in [1.29, 1.82) is 0 Å². The molecule has 0 N–H and O–H groups in total. The van der Waals surface area contributed by atoms with E-state index in [4.69, 9.17) is 4.74 Å². The number of nitrogens with zero attached hydrogens (tertiary/aromatic N) is 2. The molecule has 1 aromatic carbocycles. The Morgan fingerprint density at radius 3 is 2.45 bits per heavy atom. The van der Waals surface area contributed by atoms with Gasteiger partial charge >= 0.3 is 0 Å². The number of ether oxygens (including phenoxy) is 1. The second kappa shape index (κ2) is 8.96. The Morgan fingerprint density at radius 1 is 1.07 bits per heavy atom. The number of amides is 3. The number of anilines is 1. The van der Waals surface area contributed by atoms with Gasteiger partial charge in [0, 0.05) is 23.5 Å². The van der Waals surface area contributed by atoms with Crippen LogP contribution in [-0.2, 0) is 19.1 Å². The first-order valence-corrected chi connectivity index (χ1v) is 11.4. The molecule has 7 heteroatoms. The van der Waals surface area contributed by atoms with Gasteiger partial charge in [0.2, 0.25) is 11.8 Å². The van der Waals surface area contributed by atoms with E-state index in [1.165, 1.54) is 4.90 Å². The third-order valence-corrected chi connectivity index (χ3v) is 6.77. The second-order valence-electron chi connectivity index (χ2n) is 8.22. The molecule has 0 bridgehead atoms. The Kier molecular flexibility index (Phi) is 6.35. The van der Waals surface area contributed by atoms with Crippen LogP contribution in [0.2, 0.25) is 0 Å². The molecule has 156 valence electrons. The van der Waals surface area contributed by atoms with E-state index in [2.05, 4.69) is 15.9 Å². The van der Waals surface area contributed by atoms with E-state index < -0.39 is 6.04 Å². The third kappa shape index (κ3) is 4.40.